The number of hydrogen-bond donors (Lipinski definition) is 1. The van der Waals surface area contributed by atoms with Gasteiger partial charge in [-0.25, -0.2) is 0 Å². The van der Waals surface area contributed by atoms with Crippen molar-refractivity contribution in [3.8, 4) is 0 Å². The average Bonchev–Trinajstić information content (AvgIpc) is 2.35. The highest BCUT2D eigenvalue weighted by atomic mass is 35.5. The minimum absolute atomic E-state index is 0.0241. The van der Waals surface area contributed by atoms with Crippen LogP contribution >= 0.6 is 11.6 Å². The first kappa shape index (κ1) is 14.0. The van der Waals surface area contributed by atoms with E-state index >= 15 is 0 Å². The van der Waals surface area contributed by atoms with Crippen molar-refractivity contribution in [2.24, 2.45) is 0 Å². The van der Waals surface area contributed by atoms with Gasteiger partial charge in [-0.15, -0.1) is 11.6 Å². The van der Waals surface area contributed by atoms with Crippen LogP contribution in [0.25, 0.3) is 0 Å². The summed E-state index contributed by atoms with van der Waals surface area (Å²) < 4.78 is 0. The maximum Gasteiger partial charge on any atom is 0.254 e. The van der Waals surface area contributed by atoms with Gasteiger partial charge in [-0.05, 0) is 31.5 Å². The second-order valence-corrected chi connectivity index (χ2v) is 4.41. The second-order valence-electron chi connectivity index (χ2n) is 4.15. The molecule has 0 aliphatic heterocycles. The number of carbonyl (C=O) groups excluding carboxylic acids is 1. The Hall–Kier alpha value is -1.06. The molecule has 1 rings (SSSR count). The quantitative estimate of drug-likeness (QED) is 0.820. The number of amides is 1. The van der Waals surface area contributed by atoms with E-state index in [1.54, 1.807) is 17.0 Å². The summed E-state index contributed by atoms with van der Waals surface area (Å²) >= 11 is 5.69. The Balaban J connectivity index is 2.85. The smallest absolute Gasteiger partial charge is 0.254 e. The van der Waals surface area contributed by atoms with Crippen LogP contribution in [0, 0.1) is 0 Å². The molecule has 1 aromatic carbocycles. The summed E-state index contributed by atoms with van der Waals surface area (Å²) in [5.74, 6) is 0.383. The third-order valence-corrected chi connectivity index (χ3v) is 2.89. The number of halogens is 1. The van der Waals surface area contributed by atoms with Gasteiger partial charge in [0.1, 0.15) is 0 Å². The molecule has 0 aliphatic rings. The van der Waals surface area contributed by atoms with Gasteiger partial charge in [0.25, 0.3) is 5.91 Å². The first-order valence-electron chi connectivity index (χ1n) is 5.67. The molecule has 1 N–H and O–H groups in total. The fourth-order valence-electron chi connectivity index (χ4n) is 1.60. The van der Waals surface area contributed by atoms with Crippen LogP contribution in [-0.2, 0) is 5.88 Å². The number of alkyl halides is 1. The summed E-state index contributed by atoms with van der Waals surface area (Å²) in [6, 6.07) is 7.30. The number of rotatable bonds is 5. The molecule has 0 aromatic heterocycles. The zero-order valence-electron chi connectivity index (χ0n) is 10.2. The van der Waals surface area contributed by atoms with Crippen LogP contribution in [0.3, 0.4) is 0 Å². The Labute approximate surface area is 107 Å². The van der Waals surface area contributed by atoms with Crippen molar-refractivity contribution in [3.05, 3.63) is 35.4 Å². The van der Waals surface area contributed by atoms with Crippen LogP contribution in [0.4, 0.5) is 0 Å². The summed E-state index contributed by atoms with van der Waals surface area (Å²) in [6.45, 7) is 4.19. The zero-order chi connectivity index (χ0) is 12.8. The molecule has 3 nitrogen and oxygen atoms in total. The maximum absolute atomic E-state index is 12.2. The Kier molecular flexibility index (Phi) is 5.45. The van der Waals surface area contributed by atoms with Crippen LogP contribution in [0.5, 0.6) is 0 Å². The highest BCUT2D eigenvalue weighted by Crippen LogP contribution is 2.11. The van der Waals surface area contributed by atoms with Gasteiger partial charge in [0.05, 0.1) is 6.61 Å². The lowest BCUT2D eigenvalue weighted by atomic mass is 10.1. The molecule has 0 fully saturated rings. The topological polar surface area (TPSA) is 40.5 Å². The molecule has 0 spiro atoms. The summed E-state index contributed by atoms with van der Waals surface area (Å²) in [7, 11) is 0. The molecule has 94 valence electrons. The van der Waals surface area contributed by atoms with Gasteiger partial charge in [0, 0.05) is 24.0 Å². The van der Waals surface area contributed by atoms with Gasteiger partial charge in [-0.1, -0.05) is 12.1 Å². The van der Waals surface area contributed by atoms with E-state index in [1.165, 1.54) is 0 Å². The van der Waals surface area contributed by atoms with Gasteiger partial charge in [0.15, 0.2) is 0 Å². The highest BCUT2D eigenvalue weighted by Gasteiger charge is 2.17. The van der Waals surface area contributed by atoms with E-state index in [-0.39, 0.29) is 18.6 Å². The van der Waals surface area contributed by atoms with Crippen molar-refractivity contribution in [1.82, 2.24) is 4.90 Å². The van der Waals surface area contributed by atoms with Gasteiger partial charge in [0.2, 0.25) is 0 Å². The third kappa shape index (κ3) is 3.72. The molecule has 4 heteroatoms. The largest absolute Gasteiger partial charge is 0.395 e. The van der Waals surface area contributed by atoms with Crippen LogP contribution < -0.4 is 0 Å². The molecule has 0 atom stereocenters. The molecule has 0 heterocycles. The van der Waals surface area contributed by atoms with Crippen molar-refractivity contribution < 1.29 is 9.90 Å². The predicted molar refractivity (Wildman–Crippen MR) is 69.3 cm³/mol. The van der Waals surface area contributed by atoms with E-state index in [1.807, 2.05) is 26.0 Å². The minimum atomic E-state index is -0.0600. The first-order valence-corrected chi connectivity index (χ1v) is 6.20. The zero-order valence-corrected chi connectivity index (χ0v) is 10.9. The molecule has 0 radical (unpaired) electrons. The van der Waals surface area contributed by atoms with E-state index in [4.69, 9.17) is 16.7 Å². The van der Waals surface area contributed by atoms with Gasteiger partial charge in [-0.3, -0.25) is 4.79 Å². The summed E-state index contributed by atoms with van der Waals surface area (Å²) in [5, 5.41) is 8.95. The molecular weight excluding hydrogens is 238 g/mol. The Morgan fingerprint density at radius 2 is 1.94 bits per heavy atom. The average molecular weight is 256 g/mol. The fourth-order valence-corrected chi connectivity index (χ4v) is 1.78. The standard InChI is InChI=1S/C13H18ClNO2/c1-10(2)15(7-8-16)13(17)12-5-3-11(9-14)4-6-12/h3-6,10,16H,7-9H2,1-2H3. The molecule has 1 amide bonds. The number of aliphatic hydroxyl groups excluding tert-OH is 1. The SMILES string of the molecule is CC(C)N(CCO)C(=O)c1ccc(CCl)cc1. The van der Waals surface area contributed by atoms with E-state index in [9.17, 15) is 4.79 Å². The lowest BCUT2D eigenvalue weighted by molar-refractivity contribution is 0.0665. The van der Waals surface area contributed by atoms with Crippen molar-refractivity contribution in [1.29, 1.82) is 0 Å². The van der Waals surface area contributed by atoms with Crippen LogP contribution in [0.15, 0.2) is 24.3 Å². The predicted octanol–water partition coefficient (Wildman–Crippen LogP) is 2.27. The van der Waals surface area contributed by atoms with Crippen molar-refractivity contribution in [2.75, 3.05) is 13.2 Å². The van der Waals surface area contributed by atoms with Gasteiger partial charge in [-0.2, -0.15) is 0 Å². The molecule has 0 bridgehead atoms. The minimum Gasteiger partial charge on any atom is -0.395 e. The van der Waals surface area contributed by atoms with Crippen molar-refractivity contribution >= 4 is 17.5 Å². The number of hydrogen-bond acceptors (Lipinski definition) is 2. The van der Waals surface area contributed by atoms with Crippen LogP contribution in [0.1, 0.15) is 29.8 Å². The normalized spacial score (nSPS) is 10.6. The lowest BCUT2D eigenvalue weighted by Crippen LogP contribution is -2.38. The molecule has 17 heavy (non-hydrogen) atoms. The third-order valence-electron chi connectivity index (χ3n) is 2.58. The molecule has 1 aromatic rings. The number of benzene rings is 1. The molecule has 0 saturated heterocycles. The van der Waals surface area contributed by atoms with E-state index in [0.717, 1.165) is 5.56 Å². The summed E-state index contributed by atoms with van der Waals surface area (Å²) in [5.41, 5.74) is 1.61. The highest BCUT2D eigenvalue weighted by molar-refractivity contribution is 6.17. The molecule has 0 unspecified atom stereocenters. The Bertz CT molecular complexity index is 362. The van der Waals surface area contributed by atoms with Crippen LogP contribution in [-0.4, -0.2) is 35.1 Å². The Morgan fingerprint density at radius 3 is 2.35 bits per heavy atom. The molecular formula is C13H18ClNO2. The van der Waals surface area contributed by atoms with E-state index in [2.05, 4.69) is 0 Å². The van der Waals surface area contributed by atoms with E-state index < -0.39 is 0 Å². The van der Waals surface area contributed by atoms with E-state index in [0.29, 0.717) is 18.0 Å². The monoisotopic (exact) mass is 255 g/mol. The van der Waals surface area contributed by atoms with Gasteiger partial charge >= 0.3 is 0 Å². The lowest BCUT2D eigenvalue weighted by Gasteiger charge is -2.26. The van der Waals surface area contributed by atoms with Crippen molar-refractivity contribution in [3.63, 3.8) is 0 Å². The summed E-state index contributed by atoms with van der Waals surface area (Å²) in [4.78, 5) is 13.8. The number of aliphatic hydroxyl groups is 1. The molecule has 0 saturated carbocycles. The number of nitrogens with zero attached hydrogens (tertiary/aromatic N) is 1. The Morgan fingerprint density at radius 1 is 1.35 bits per heavy atom. The maximum atomic E-state index is 12.2. The van der Waals surface area contributed by atoms with Gasteiger partial charge < -0.3 is 10.0 Å². The van der Waals surface area contributed by atoms with Crippen LogP contribution in [0.2, 0.25) is 0 Å². The fraction of sp³-hybridized carbons (Fsp3) is 0.462. The number of carbonyl (C=O) groups is 1. The first-order chi connectivity index (χ1) is 8.10. The molecule has 0 aliphatic carbocycles. The second kappa shape index (κ2) is 6.62. The van der Waals surface area contributed by atoms with Crippen molar-refractivity contribution in [2.45, 2.75) is 25.8 Å². The summed E-state index contributed by atoms with van der Waals surface area (Å²) in [6.07, 6.45) is 0.